The van der Waals surface area contributed by atoms with Gasteiger partial charge in [0.1, 0.15) is 6.04 Å². The van der Waals surface area contributed by atoms with Gasteiger partial charge >= 0.3 is 5.97 Å². The molecule has 0 bridgehead atoms. The second-order valence-electron chi connectivity index (χ2n) is 8.99. The summed E-state index contributed by atoms with van der Waals surface area (Å²) in [5.41, 5.74) is 2.12. The van der Waals surface area contributed by atoms with Crippen molar-refractivity contribution in [1.29, 1.82) is 0 Å². The maximum absolute atomic E-state index is 12.5. The molecule has 2 N–H and O–H groups in total. The molecule has 9 heteroatoms. The van der Waals surface area contributed by atoms with Gasteiger partial charge in [-0.15, -0.1) is 5.10 Å². The minimum atomic E-state index is -0.787. The van der Waals surface area contributed by atoms with Crippen LogP contribution in [0.25, 0.3) is 5.69 Å². The number of hydrogen-bond donors (Lipinski definition) is 2. The molecule has 3 rings (SSSR count). The highest BCUT2D eigenvalue weighted by Gasteiger charge is 2.30. The first-order valence-electron chi connectivity index (χ1n) is 11.2. The molecule has 174 valence electrons. The molecule has 1 aromatic carbocycles. The van der Waals surface area contributed by atoms with E-state index in [2.05, 4.69) is 48.5 Å². The van der Waals surface area contributed by atoms with E-state index in [1.165, 1.54) is 0 Å². The van der Waals surface area contributed by atoms with Crippen molar-refractivity contribution in [3.8, 4) is 5.69 Å². The van der Waals surface area contributed by atoms with Crippen molar-refractivity contribution in [2.45, 2.75) is 51.7 Å². The summed E-state index contributed by atoms with van der Waals surface area (Å²) in [6.07, 6.45) is 4.25. The number of aromatic nitrogens is 3. The maximum Gasteiger partial charge on any atom is 0.320 e. The van der Waals surface area contributed by atoms with Gasteiger partial charge in [0, 0.05) is 24.7 Å². The van der Waals surface area contributed by atoms with Gasteiger partial charge in [0.15, 0.2) is 0 Å². The molecule has 1 aliphatic rings. The number of carboxylic acid groups (broad SMARTS) is 1. The van der Waals surface area contributed by atoms with Gasteiger partial charge in [-0.1, -0.05) is 19.1 Å². The molecule has 9 nitrogen and oxygen atoms in total. The van der Waals surface area contributed by atoms with Gasteiger partial charge < -0.3 is 15.3 Å². The summed E-state index contributed by atoms with van der Waals surface area (Å²) in [6.45, 7) is 6.22. The Morgan fingerprint density at radius 3 is 2.59 bits per heavy atom. The van der Waals surface area contributed by atoms with Crippen LogP contribution in [-0.4, -0.2) is 81.0 Å². The van der Waals surface area contributed by atoms with Gasteiger partial charge in [0.2, 0.25) is 0 Å². The van der Waals surface area contributed by atoms with Crippen molar-refractivity contribution in [3.63, 3.8) is 0 Å². The fourth-order valence-corrected chi connectivity index (χ4v) is 4.39. The average Bonchev–Trinajstić information content (AvgIpc) is 3.40. The summed E-state index contributed by atoms with van der Waals surface area (Å²) in [7, 11) is 4.13. The van der Waals surface area contributed by atoms with E-state index in [9.17, 15) is 14.7 Å². The monoisotopic (exact) mass is 442 g/mol. The summed E-state index contributed by atoms with van der Waals surface area (Å²) in [4.78, 5) is 28.0. The Labute approximate surface area is 189 Å². The first-order chi connectivity index (χ1) is 15.3. The minimum Gasteiger partial charge on any atom is -0.480 e. The fourth-order valence-electron chi connectivity index (χ4n) is 4.39. The van der Waals surface area contributed by atoms with E-state index in [4.69, 9.17) is 0 Å². The molecule has 32 heavy (non-hydrogen) atoms. The van der Waals surface area contributed by atoms with Gasteiger partial charge in [-0.3, -0.25) is 14.5 Å². The zero-order valence-electron chi connectivity index (χ0n) is 19.4. The van der Waals surface area contributed by atoms with Crippen LogP contribution < -0.4 is 5.32 Å². The smallest absolute Gasteiger partial charge is 0.320 e. The molecule has 0 radical (unpaired) electrons. The van der Waals surface area contributed by atoms with Crippen LogP contribution in [0, 0.1) is 5.92 Å². The third-order valence-corrected chi connectivity index (χ3v) is 6.11. The predicted octanol–water partition coefficient (Wildman–Crippen LogP) is 2.02. The number of nitrogens with zero attached hydrogens (tertiary/aromatic N) is 5. The highest BCUT2D eigenvalue weighted by Crippen LogP contribution is 2.20. The van der Waals surface area contributed by atoms with E-state index < -0.39 is 12.0 Å². The van der Waals surface area contributed by atoms with Gasteiger partial charge in [-0.05, 0) is 70.1 Å². The molecule has 1 aliphatic heterocycles. The lowest BCUT2D eigenvalue weighted by Crippen LogP contribution is -2.36. The quantitative estimate of drug-likeness (QED) is 0.580. The Kier molecular flexibility index (Phi) is 7.98. The third-order valence-electron chi connectivity index (χ3n) is 6.11. The Balaban J connectivity index is 1.55. The zero-order chi connectivity index (χ0) is 23.3. The first-order valence-corrected chi connectivity index (χ1v) is 11.2. The molecule has 2 heterocycles. The predicted molar refractivity (Wildman–Crippen MR) is 122 cm³/mol. The Hall–Kier alpha value is -2.78. The standard InChI is InChI=1S/C23H34N6O3/c1-16(2)20(27(3)4)11-12-24-22(30)17-7-9-19(10-8-17)29-15-18(25-26-29)14-28-13-5-6-21(28)23(31)32/h7-10,15-16,20-21H,5-6,11-14H2,1-4H3,(H,24,30)(H,31,32)/t20?,21-/m0/s1. The van der Waals surface area contributed by atoms with Crippen LogP contribution in [0.15, 0.2) is 30.5 Å². The number of aliphatic carboxylic acids is 1. The van der Waals surface area contributed by atoms with Crippen molar-refractivity contribution in [1.82, 2.24) is 30.1 Å². The number of carbonyl (C=O) groups is 2. The van der Waals surface area contributed by atoms with Crippen molar-refractivity contribution in [2.75, 3.05) is 27.2 Å². The Morgan fingerprint density at radius 2 is 1.97 bits per heavy atom. The lowest BCUT2D eigenvalue weighted by atomic mass is 10.00. The molecule has 1 fully saturated rings. The number of rotatable bonds is 10. The fraction of sp³-hybridized carbons (Fsp3) is 0.565. The topological polar surface area (TPSA) is 104 Å². The van der Waals surface area contributed by atoms with Crippen molar-refractivity contribution in [2.24, 2.45) is 5.92 Å². The van der Waals surface area contributed by atoms with E-state index in [0.717, 1.165) is 30.8 Å². The SMILES string of the molecule is CC(C)C(CCNC(=O)c1ccc(-n2cc(CN3CCC[C@H]3C(=O)O)nn2)cc1)N(C)C. The molecule has 2 atom stereocenters. The van der Waals surface area contributed by atoms with E-state index in [1.54, 1.807) is 23.0 Å². The van der Waals surface area contributed by atoms with Crippen LogP contribution in [-0.2, 0) is 11.3 Å². The van der Waals surface area contributed by atoms with Crippen LogP contribution in [0.4, 0.5) is 0 Å². The number of likely N-dealkylation sites (tertiary alicyclic amines) is 1. The molecule has 1 unspecified atom stereocenters. The van der Waals surface area contributed by atoms with Crippen LogP contribution in [0.5, 0.6) is 0 Å². The number of benzene rings is 1. The minimum absolute atomic E-state index is 0.0918. The van der Waals surface area contributed by atoms with Crippen molar-refractivity contribution in [3.05, 3.63) is 41.7 Å². The van der Waals surface area contributed by atoms with E-state index in [1.807, 2.05) is 17.0 Å². The number of hydrogen-bond acceptors (Lipinski definition) is 6. The van der Waals surface area contributed by atoms with Gasteiger partial charge in [-0.25, -0.2) is 4.68 Å². The molecular formula is C23H34N6O3. The molecule has 0 aliphatic carbocycles. The van der Waals surface area contributed by atoms with E-state index in [-0.39, 0.29) is 5.91 Å². The number of carbonyl (C=O) groups excluding carboxylic acids is 1. The summed E-state index contributed by atoms with van der Waals surface area (Å²) < 4.78 is 1.65. The van der Waals surface area contributed by atoms with Crippen molar-refractivity contribution >= 4 is 11.9 Å². The molecule has 0 saturated carbocycles. The summed E-state index contributed by atoms with van der Waals surface area (Å²) in [6, 6.07) is 7.19. The van der Waals surface area contributed by atoms with Gasteiger partial charge in [0.25, 0.3) is 5.91 Å². The van der Waals surface area contributed by atoms with Crippen LogP contribution in [0.2, 0.25) is 0 Å². The van der Waals surface area contributed by atoms with E-state index in [0.29, 0.717) is 37.0 Å². The van der Waals surface area contributed by atoms with Crippen LogP contribution in [0.3, 0.4) is 0 Å². The van der Waals surface area contributed by atoms with Gasteiger partial charge in [-0.2, -0.15) is 0 Å². The Bertz CT molecular complexity index is 901. The normalized spacial score (nSPS) is 17.8. The summed E-state index contributed by atoms with van der Waals surface area (Å²) in [5, 5.41) is 20.7. The highest BCUT2D eigenvalue weighted by molar-refractivity contribution is 5.94. The van der Waals surface area contributed by atoms with Crippen molar-refractivity contribution < 1.29 is 14.7 Å². The largest absolute Gasteiger partial charge is 0.480 e. The second kappa shape index (κ2) is 10.7. The molecule has 1 aromatic heterocycles. The number of amides is 1. The second-order valence-corrected chi connectivity index (χ2v) is 8.99. The molecule has 1 amide bonds. The highest BCUT2D eigenvalue weighted by atomic mass is 16.4. The number of carboxylic acids is 1. The molecule has 0 spiro atoms. The maximum atomic E-state index is 12.5. The molecule has 1 saturated heterocycles. The Morgan fingerprint density at radius 1 is 1.25 bits per heavy atom. The third kappa shape index (κ3) is 5.92. The average molecular weight is 443 g/mol. The first kappa shape index (κ1) is 23.9. The lowest BCUT2D eigenvalue weighted by Gasteiger charge is -2.27. The molecular weight excluding hydrogens is 408 g/mol. The lowest BCUT2D eigenvalue weighted by molar-refractivity contribution is -0.142. The van der Waals surface area contributed by atoms with E-state index >= 15 is 0 Å². The summed E-state index contributed by atoms with van der Waals surface area (Å²) >= 11 is 0. The number of nitrogens with one attached hydrogen (secondary N) is 1. The zero-order valence-corrected chi connectivity index (χ0v) is 19.4. The van der Waals surface area contributed by atoms with Crippen LogP contribution >= 0.6 is 0 Å². The van der Waals surface area contributed by atoms with Crippen LogP contribution in [0.1, 0.15) is 49.2 Å². The summed E-state index contributed by atoms with van der Waals surface area (Å²) in [5.74, 6) is -0.356. The molecule has 2 aromatic rings. The van der Waals surface area contributed by atoms with Gasteiger partial charge in [0.05, 0.1) is 17.6 Å².